The molecule has 1 aromatic rings. The van der Waals surface area contributed by atoms with E-state index < -0.39 is 30.4 Å². The monoisotopic (exact) mass is 322 g/mol. The van der Waals surface area contributed by atoms with Crippen molar-refractivity contribution in [3.8, 4) is 0 Å². The van der Waals surface area contributed by atoms with Gasteiger partial charge in [0.1, 0.15) is 6.10 Å². The minimum Gasteiger partial charge on any atom is -0.457 e. The lowest BCUT2D eigenvalue weighted by Gasteiger charge is -2.25. The van der Waals surface area contributed by atoms with Gasteiger partial charge in [0, 0.05) is 6.92 Å². The van der Waals surface area contributed by atoms with Gasteiger partial charge in [-0.2, -0.15) is 0 Å². The van der Waals surface area contributed by atoms with Gasteiger partial charge in [-0.05, 0) is 19.4 Å². The zero-order valence-corrected chi connectivity index (χ0v) is 13.6. The Bertz CT molecular complexity index is 543. The lowest BCUT2D eigenvalue weighted by molar-refractivity contribution is -0.224. The number of hydrogen-bond donors (Lipinski definition) is 0. The first-order valence-electron chi connectivity index (χ1n) is 7.74. The SMILES string of the molecule is CC(=O)O[C@@H]1[C@H]2OC(C)(C)O[C@H]2O[C@@H]1COCc1ccccc1. The van der Waals surface area contributed by atoms with E-state index in [0.717, 1.165) is 5.56 Å². The van der Waals surface area contributed by atoms with E-state index in [1.165, 1.54) is 6.92 Å². The summed E-state index contributed by atoms with van der Waals surface area (Å²) >= 11 is 0. The number of benzene rings is 1. The van der Waals surface area contributed by atoms with Crippen LogP contribution in [0.4, 0.5) is 0 Å². The molecule has 0 saturated carbocycles. The maximum Gasteiger partial charge on any atom is 0.303 e. The Balaban J connectivity index is 1.59. The van der Waals surface area contributed by atoms with E-state index in [0.29, 0.717) is 13.2 Å². The molecule has 0 radical (unpaired) electrons. The van der Waals surface area contributed by atoms with E-state index in [4.69, 9.17) is 23.7 Å². The number of carbonyl (C=O) groups excluding carboxylic acids is 1. The largest absolute Gasteiger partial charge is 0.457 e. The predicted octanol–water partition coefficient (Wildman–Crippen LogP) is 2.01. The molecule has 126 valence electrons. The zero-order valence-electron chi connectivity index (χ0n) is 13.6. The summed E-state index contributed by atoms with van der Waals surface area (Å²) in [4.78, 5) is 11.4. The van der Waals surface area contributed by atoms with Gasteiger partial charge in [0.25, 0.3) is 0 Å². The van der Waals surface area contributed by atoms with Gasteiger partial charge in [0.15, 0.2) is 24.3 Å². The molecule has 2 aliphatic heterocycles. The molecule has 6 heteroatoms. The smallest absolute Gasteiger partial charge is 0.303 e. The van der Waals surface area contributed by atoms with Crippen LogP contribution in [0.3, 0.4) is 0 Å². The molecular formula is C17H22O6. The highest BCUT2D eigenvalue weighted by Crippen LogP contribution is 2.38. The summed E-state index contributed by atoms with van der Waals surface area (Å²) in [7, 11) is 0. The zero-order chi connectivity index (χ0) is 16.4. The molecule has 1 aromatic carbocycles. The van der Waals surface area contributed by atoms with Crippen molar-refractivity contribution in [2.24, 2.45) is 0 Å². The van der Waals surface area contributed by atoms with Crippen molar-refractivity contribution >= 4 is 5.97 Å². The van der Waals surface area contributed by atoms with Crippen molar-refractivity contribution in [3.05, 3.63) is 35.9 Å². The van der Waals surface area contributed by atoms with Gasteiger partial charge in [0.2, 0.25) is 0 Å². The maximum atomic E-state index is 11.4. The van der Waals surface area contributed by atoms with Crippen LogP contribution in [0, 0.1) is 0 Å². The van der Waals surface area contributed by atoms with Crippen LogP contribution >= 0.6 is 0 Å². The van der Waals surface area contributed by atoms with Gasteiger partial charge in [-0.25, -0.2) is 0 Å². The molecule has 0 bridgehead atoms. The van der Waals surface area contributed by atoms with Crippen molar-refractivity contribution in [2.75, 3.05) is 6.61 Å². The van der Waals surface area contributed by atoms with Gasteiger partial charge in [0.05, 0.1) is 13.2 Å². The van der Waals surface area contributed by atoms with E-state index >= 15 is 0 Å². The number of carbonyl (C=O) groups is 1. The van der Waals surface area contributed by atoms with Crippen LogP contribution in [0.5, 0.6) is 0 Å². The maximum absolute atomic E-state index is 11.4. The fourth-order valence-corrected chi connectivity index (χ4v) is 2.88. The van der Waals surface area contributed by atoms with Crippen molar-refractivity contribution in [1.82, 2.24) is 0 Å². The summed E-state index contributed by atoms with van der Waals surface area (Å²) < 4.78 is 28.4. The summed E-state index contributed by atoms with van der Waals surface area (Å²) in [6.45, 7) is 5.75. The third-order valence-corrected chi connectivity index (χ3v) is 3.78. The highest BCUT2D eigenvalue weighted by molar-refractivity contribution is 5.66. The standard InChI is InChI=1S/C17H22O6/c1-11(18)20-14-13(10-19-9-12-7-5-4-6-8-12)21-16-15(14)22-17(2,3)23-16/h4-8,13-16H,9-10H2,1-3H3/t13-,14+,15-,16-/m1/s1. The minimum atomic E-state index is -0.746. The van der Waals surface area contributed by atoms with Crippen LogP contribution in [-0.2, 0) is 35.1 Å². The second-order valence-corrected chi connectivity index (χ2v) is 6.22. The molecule has 0 aromatic heterocycles. The Morgan fingerprint density at radius 1 is 1.22 bits per heavy atom. The van der Waals surface area contributed by atoms with Gasteiger partial charge < -0.3 is 23.7 Å². The van der Waals surface area contributed by atoms with E-state index in [2.05, 4.69) is 0 Å². The summed E-state index contributed by atoms with van der Waals surface area (Å²) in [6, 6.07) is 9.85. The van der Waals surface area contributed by atoms with Crippen molar-refractivity contribution < 1.29 is 28.5 Å². The second-order valence-electron chi connectivity index (χ2n) is 6.22. The molecule has 3 rings (SSSR count). The molecule has 0 N–H and O–H groups in total. The quantitative estimate of drug-likeness (QED) is 0.773. The fraction of sp³-hybridized carbons (Fsp3) is 0.588. The molecule has 2 aliphatic rings. The molecule has 4 atom stereocenters. The molecule has 2 fully saturated rings. The van der Waals surface area contributed by atoms with Crippen molar-refractivity contribution in [1.29, 1.82) is 0 Å². The molecule has 0 spiro atoms. The van der Waals surface area contributed by atoms with Crippen molar-refractivity contribution in [3.63, 3.8) is 0 Å². The number of esters is 1. The van der Waals surface area contributed by atoms with E-state index in [1.807, 2.05) is 30.3 Å². The van der Waals surface area contributed by atoms with Crippen LogP contribution < -0.4 is 0 Å². The number of fused-ring (bicyclic) bond motifs is 1. The van der Waals surface area contributed by atoms with E-state index in [9.17, 15) is 4.79 Å². The van der Waals surface area contributed by atoms with Crippen LogP contribution in [0.25, 0.3) is 0 Å². The average molecular weight is 322 g/mol. The molecule has 6 nitrogen and oxygen atoms in total. The van der Waals surface area contributed by atoms with Crippen LogP contribution in [0.1, 0.15) is 26.3 Å². The average Bonchev–Trinajstić information content (AvgIpc) is 2.93. The van der Waals surface area contributed by atoms with Gasteiger partial charge in [-0.15, -0.1) is 0 Å². The summed E-state index contributed by atoms with van der Waals surface area (Å²) in [5.41, 5.74) is 1.07. The number of hydrogen-bond acceptors (Lipinski definition) is 6. The van der Waals surface area contributed by atoms with E-state index in [-0.39, 0.29) is 5.97 Å². The summed E-state index contributed by atoms with van der Waals surface area (Å²) in [6.07, 6.45) is -1.91. The van der Waals surface area contributed by atoms with Crippen molar-refractivity contribution in [2.45, 2.75) is 57.8 Å². The normalized spacial score (nSPS) is 31.8. The summed E-state index contributed by atoms with van der Waals surface area (Å²) in [5, 5.41) is 0. The second kappa shape index (κ2) is 6.57. The third-order valence-electron chi connectivity index (χ3n) is 3.78. The summed E-state index contributed by atoms with van der Waals surface area (Å²) in [5.74, 6) is -1.12. The minimum absolute atomic E-state index is 0.299. The van der Waals surface area contributed by atoms with Gasteiger partial charge in [-0.1, -0.05) is 30.3 Å². The topological polar surface area (TPSA) is 63.2 Å². The van der Waals surface area contributed by atoms with Gasteiger partial charge in [-0.3, -0.25) is 4.79 Å². The Morgan fingerprint density at radius 2 is 1.96 bits per heavy atom. The predicted molar refractivity (Wildman–Crippen MR) is 80.4 cm³/mol. The molecule has 23 heavy (non-hydrogen) atoms. The molecular weight excluding hydrogens is 300 g/mol. The molecule has 2 heterocycles. The fourth-order valence-electron chi connectivity index (χ4n) is 2.88. The molecule has 2 saturated heterocycles. The molecule has 0 amide bonds. The number of ether oxygens (including phenoxy) is 5. The number of rotatable bonds is 5. The Hall–Kier alpha value is -1.47. The molecule has 0 aliphatic carbocycles. The Kier molecular flexibility index (Phi) is 4.68. The first-order valence-corrected chi connectivity index (χ1v) is 7.74. The molecule has 0 unspecified atom stereocenters. The Morgan fingerprint density at radius 3 is 2.65 bits per heavy atom. The highest BCUT2D eigenvalue weighted by Gasteiger charge is 2.56. The van der Waals surface area contributed by atoms with Crippen LogP contribution in [0.2, 0.25) is 0 Å². The first kappa shape index (κ1) is 16.4. The highest BCUT2D eigenvalue weighted by atomic mass is 16.8. The third kappa shape index (κ3) is 3.90. The van der Waals surface area contributed by atoms with E-state index in [1.54, 1.807) is 13.8 Å². The first-order chi connectivity index (χ1) is 10.9. The van der Waals surface area contributed by atoms with Gasteiger partial charge >= 0.3 is 5.97 Å². The van der Waals surface area contributed by atoms with Crippen LogP contribution in [0.15, 0.2) is 30.3 Å². The lowest BCUT2D eigenvalue weighted by Crippen LogP contribution is -2.39. The lowest BCUT2D eigenvalue weighted by atomic mass is 10.1. The van der Waals surface area contributed by atoms with Crippen LogP contribution in [-0.4, -0.2) is 43.0 Å². The Labute approximate surface area is 135 Å².